The maximum Gasteiger partial charge on any atom is 0.164 e. The predicted octanol–water partition coefficient (Wildman–Crippen LogP) is 1.11. The molecule has 4 unspecified atom stereocenters. The average molecular weight is 291 g/mol. The third-order valence-corrected chi connectivity index (χ3v) is 3.16. The molecule has 4 atom stereocenters. The molecule has 0 spiro atoms. The molecular formula is C13H25NO6. The van der Waals surface area contributed by atoms with Crippen LogP contribution in [0, 0.1) is 0 Å². The SMILES string of the molecule is COC(C)(C)OC(C)C(O)C1OC(C)(C)OC1/C=N/O. The molecule has 7 nitrogen and oxygen atoms in total. The van der Waals surface area contributed by atoms with E-state index >= 15 is 0 Å². The van der Waals surface area contributed by atoms with Gasteiger partial charge in [0, 0.05) is 7.11 Å². The fourth-order valence-corrected chi connectivity index (χ4v) is 2.09. The second kappa shape index (κ2) is 6.36. The van der Waals surface area contributed by atoms with Crippen molar-refractivity contribution < 1.29 is 29.3 Å². The van der Waals surface area contributed by atoms with E-state index in [1.54, 1.807) is 34.6 Å². The van der Waals surface area contributed by atoms with Crippen LogP contribution < -0.4 is 0 Å². The van der Waals surface area contributed by atoms with Crippen molar-refractivity contribution in [3.8, 4) is 0 Å². The smallest absolute Gasteiger partial charge is 0.164 e. The van der Waals surface area contributed by atoms with Crippen LogP contribution in [0.3, 0.4) is 0 Å². The number of rotatable bonds is 6. The van der Waals surface area contributed by atoms with Crippen LogP contribution in [-0.2, 0) is 18.9 Å². The summed E-state index contributed by atoms with van der Waals surface area (Å²) in [5, 5.41) is 22.0. The number of hydrogen-bond donors (Lipinski definition) is 2. The van der Waals surface area contributed by atoms with E-state index < -0.39 is 36.0 Å². The summed E-state index contributed by atoms with van der Waals surface area (Å²) in [5.74, 6) is -1.69. The normalized spacial score (nSPS) is 29.8. The van der Waals surface area contributed by atoms with Crippen molar-refractivity contribution in [2.75, 3.05) is 7.11 Å². The van der Waals surface area contributed by atoms with Crippen LogP contribution in [0.5, 0.6) is 0 Å². The molecule has 0 aromatic rings. The third-order valence-electron chi connectivity index (χ3n) is 3.16. The molecule has 0 aromatic heterocycles. The van der Waals surface area contributed by atoms with E-state index in [0.717, 1.165) is 0 Å². The Morgan fingerprint density at radius 2 is 1.95 bits per heavy atom. The Balaban J connectivity index is 2.76. The van der Waals surface area contributed by atoms with Gasteiger partial charge >= 0.3 is 0 Å². The van der Waals surface area contributed by atoms with Gasteiger partial charge in [0.2, 0.25) is 0 Å². The molecule has 0 bridgehead atoms. The van der Waals surface area contributed by atoms with Crippen molar-refractivity contribution in [3.63, 3.8) is 0 Å². The van der Waals surface area contributed by atoms with Gasteiger partial charge in [-0.05, 0) is 34.6 Å². The summed E-state index contributed by atoms with van der Waals surface area (Å²) < 4.78 is 22.0. The molecule has 1 aliphatic heterocycles. The molecule has 7 heteroatoms. The molecule has 2 N–H and O–H groups in total. The lowest BCUT2D eigenvalue weighted by atomic mass is 10.0. The van der Waals surface area contributed by atoms with Crippen LogP contribution in [-0.4, -0.2) is 59.6 Å². The minimum Gasteiger partial charge on any atom is -0.411 e. The number of hydrogen-bond acceptors (Lipinski definition) is 7. The average Bonchev–Trinajstić information content (AvgIpc) is 2.63. The second-order valence-corrected chi connectivity index (χ2v) is 5.75. The topological polar surface area (TPSA) is 89.7 Å². The van der Waals surface area contributed by atoms with E-state index in [-0.39, 0.29) is 0 Å². The lowest BCUT2D eigenvalue weighted by Crippen LogP contribution is -2.46. The Labute approximate surface area is 119 Å². The molecule has 0 saturated carbocycles. The summed E-state index contributed by atoms with van der Waals surface area (Å²) >= 11 is 0. The van der Waals surface area contributed by atoms with Crippen LogP contribution in [0.2, 0.25) is 0 Å². The third kappa shape index (κ3) is 4.39. The summed E-state index contributed by atoms with van der Waals surface area (Å²) in [6.45, 7) is 8.66. The maximum absolute atomic E-state index is 10.4. The van der Waals surface area contributed by atoms with Gasteiger partial charge in [-0.25, -0.2) is 0 Å². The zero-order valence-corrected chi connectivity index (χ0v) is 12.9. The van der Waals surface area contributed by atoms with Crippen molar-refractivity contribution in [2.24, 2.45) is 5.16 Å². The van der Waals surface area contributed by atoms with Gasteiger partial charge in [-0.1, -0.05) is 5.16 Å². The monoisotopic (exact) mass is 291 g/mol. The molecule has 0 aliphatic carbocycles. The number of aliphatic hydroxyl groups is 1. The molecule has 1 saturated heterocycles. The number of aliphatic hydroxyl groups excluding tert-OH is 1. The number of oxime groups is 1. The maximum atomic E-state index is 10.4. The number of methoxy groups -OCH3 is 1. The molecule has 118 valence electrons. The Bertz CT molecular complexity index is 344. The van der Waals surface area contributed by atoms with Crippen LogP contribution in [0.15, 0.2) is 5.16 Å². The summed E-state index contributed by atoms with van der Waals surface area (Å²) in [6, 6.07) is 0. The predicted molar refractivity (Wildman–Crippen MR) is 71.7 cm³/mol. The van der Waals surface area contributed by atoms with Gasteiger partial charge in [0.1, 0.15) is 18.3 Å². The van der Waals surface area contributed by atoms with Crippen molar-refractivity contribution >= 4 is 6.21 Å². The molecule has 1 heterocycles. The second-order valence-electron chi connectivity index (χ2n) is 5.75. The van der Waals surface area contributed by atoms with Gasteiger partial charge in [0.25, 0.3) is 0 Å². The highest BCUT2D eigenvalue weighted by molar-refractivity contribution is 5.63. The van der Waals surface area contributed by atoms with Crippen molar-refractivity contribution in [2.45, 2.75) is 70.6 Å². The highest BCUT2D eigenvalue weighted by Crippen LogP contribution is 2.31. The Kier molecular flexibility index (Phi) is 5.51. The van der Waals surface area contributed by atoms with Crippen molar-refractivity contribution in [1.82, 2.24) is 0 Å². The fraction of sp³-hybridized carbons (Fsp3) is 0.923. The quantitative estimate of drug-likeness (QED) is 0.330. The molecule has 0 aromatic carbocycles. The molecule has 20 heavy (non-hydrogen) atoms. The van der Waals surface area contributed by atoms with Crippen molar-refractivity contribution in [3.05, 3.63) is 0 Å². The van der Waals surface area contributed by atoms with Gasteiger partial charge in [-0.2, -0.15) is 0 Å². The van der Waals surface area contributed by atoms with E-state index in [9.17, 15) is 5.11 Å². The lowest BCUT2D eigenvalue weighted by Gasteiger charge is -2.32. The lowest BCUT2D eigenvalue weighted by molar-refractivity contribution is -0.246. The Hall–Kier alpha value is -0.730. The highest BCUT2D eigenvalue weighted by atomic mass is 16.8. The minimum absolute atomic E-state index is 0.554. The zero-order valence-electron chi connectivity index (χ0n) is 12.9. The van der Waals surface area contributed by atoms with Gasteiger partial charge in [-0.3, -0.25) is 0 Å². The molecule has 0 amide bonds. The van der Waals surface area contributed by atoms with Crippen LogP contribution >= 0.6 is 0 Å². The van der Waals surface area contributed by atoms with Gasteiger partial charge in [0.05, 0.1) is 12.3 Å². The first kappa shape index (κ1) is 17.3. The molecule has 1 fully saturated rings. The van der Waals surface area contributed by atoms with E-state index in [4.69, 9.17) is 24.2 Å². The van der Waals surface area contributed by atoms with Gasteiger partial charge in [-0.15, -0.1) is 0 Å². The molecule has 1 aliphatic rings. The Morgan fingerprint density at radius 1 is 1.35 bits per heavy atom. The first-order valence-corrected chi connectivity index (χ1v) is 6.56. The van der Waals surface area contributed by atoms with E-state index in [1.165, 1.54) is 13.3 Å². The largest absolute Gasteiger partial charge is 0.411 e. The van der Waals surface area contributed by atoms with Crippen LogP contribution in [0.1, 0.15) is 34.6 Å². The summed E-state index contributed by atoms with van der Waals surface area (Å²) in [4.78, 5) is 0. The first-order valence-electron chi connectivity index (χ1n) is 6.56. The first-order chi connectivity index (χ1) is 9.12. The standard InChI is InChI=1S/C13H25NO6/c1-8(18-12(2,3)17-6)10(15)11-9(7-14-16)19-13(4,5)20-11/h7-11,15-16H,1-6H3/b14-7+. The summed E-state index contributed by atoms with van der Waals surface area (Å²) in [7, 11) is 1.53. The fourth-order valence-electron chi connectivity index (χ4n) is 2.09. The number of nitrogens with zero attached hydrogens (tertiary/aromatic N) is 1. The van der Waals surface area contributed by atoms with E-state index in [2.05, 4.69) is 5.16 Å². The zero-order chi connectivity index (χ0) is 15.6. The summed E-state index contributed by atoms with van der Waals surface area (Å²) in [6.07, 6.45) is -1.67. The van der Waals surface area contributed by atoms with E-state index in [1.807, 2.05) is 0 Å². The van der Waals surface area contributed by atoms with Gasteiger partial charge in [0.15, 0.2) is 11.6 Å². The van der Waals surface area contributed by atoms with Crippen LogP contribution in [0.25, 0.3) is 0 Å². The molecule has 1 rings (SSSR count). The number of ether oxygens (including phenoxy) is 4. The summed E-state index contributed by atoms with van der Waals surface area (Å²) in [5.41, 5.74) is 0. The molecular weight excluding hydrogens is 266 g/mol. The Morgan fingerprint density at radius 3 is 2.45 bits per heavy atom. The van der Waals surface area contributed by atoms with E-state index in [0.29, 0.717) is 0 Å². The van der Waals surface area contributed by atoms with Crippen LogP contribution in [0.4, 0.5) is 0 Å². The minimum atomic E-state index is -0.964. The molecule has 0 radical (unpaired) electrons. The van der Waals surface area contributed by atoms with Crippen molar-refractivity contribution in [1.29, 1.82) is 0 Å². The highest BCUT2D eigenvalue weighted by Gasteiger charge is 2.46. The van der Waals surface area contributed by atoms with Gasteiger partial charge < -0.3 is 29.3 Å².